The Labute approximate surface area is 80.6 Å². The van der Waals surface area contributed by atoms with Crippen LogP contribution in [0.25, 0.3) is 0 Å². The number of hydrogen-bond acceptors (Lipinski definition) is 1. The Hall–Kier alpha value is -0.605. The first-order valence-corrected chi connectivity index (χ1v) is 4.10. The third-order valence-electron chi connectivity index (χ3n) is 1.69. The molecule has 13 heavy (non-hydrogen) atoms. The molecule has 0 aliphatic carbocycles. The average molecular weight is 204 g/mol. The molecule has 0 aliphatic heterocycles. The SMILES string of the molecule is CC(F)(F)c1cc(BO)ccc1Cl. The Bertz CT molecular complexity index is 312. The number of halogens is 3. The molecule has 0 spiro atoms. The highest BCUT2D eigenvalue weighted by Gasteiger charge is 2.27. The largest absolute Gasteiger partial charge is 0.449 e. The zero-order valence-corrected chi connectivity index (χ0v) is 7.78. The minimum atomic E-state index is -2.97. The average Bonchev–Trinajstić information content (AvgIpc) is 2.03. The monoisotopic (exact) mass is 204 g/mol. The molecule has 0 aliphatic rings. The van der Waals surface area contributed by atoms with Gasteiger partial charge in [-0.2, -0.15) is 0 Å². The molecule has 1 aromatic carbocycles. The van der Waals surface area contributed by atoms with Gasteiger partial charge in [0.05, 0.1) is 0 Å². The molecule has 0 saturated heterocycles. The normalized spacial score (nSPS) is 11.5. The van der Waals surface area contributed by atoms with Crippen molar-refractivity contribution in [2.24, 2.45) is 0 Å². The van der Waals surface area contributed by atoms with Gasteiger partial charge in [0.25, 0.3) is 5.92 Å². The van der Waals surface area contributed by atoms with E-state index in [1.54, 1.807) is 0 Å². The zero-order chi connectivity index (χ0) is 10.1. The van der Waals surface area contributed by atoms with E-state index >= 15 is 0 Å². The van der Waals surface area contributed by atoms with Crippen molar-refractivity contribution in [3.63, 3.8) is 0 Å². The summed E-state index contributed by atoms with van der Waals surface area (Å²) in [5.74, 6) is -2.97. The molecule has 5 heteroatoms. The van der Waals surface area contributed by atoms with Crippen LogP contribution in [-0.2, 0) is 5.92 Å². The van der Waals surface area contributed by atoms with E-state index in [0.717, 1.165) is 6.92 Å². The van der Waals surface area contributed by atoms with Gasteiger partial charge in [0, 0.05) is 17.5 Å². The summed E-state index contributed by atoms with van der Waals surface area (Å²) < 4.78 is 25.7. The van der Waals surface area contributed by atoms with Crippen LogP contribution in [0.1, 0.15) is 12.5 Å². The van der Waals surface area contributed by atoms with Crippen LogP contribution in [0.15, 0.2) is 18.2 Å². The first-order chi connectivity index (χ1) is 5.95. The van der Waals surface area contributed by atoms with Crippen LogP contribution in [-0.4, -0.2) is 12.5 Å². The second kappa shape index (κ2) is 3.64. The maximum atomic E-state index is 12.9. The summed E-state index contributed by atoms with van der Waals surface area (Å²) >= 11 is 5.58. The lowest BCUT2D eigenvalue weighted by molar-refractivity contribution is 0.0177. The molecule has 0 heterocycles. The molecule has 1 rings (SSSR count). The number of hydrogen-bond donors (Lipinski definition) is 1. The van der Waals surface area contributed by atoms with Crippen molar-refractivity contribution in [2.75, 3.05) is 0 Å². The van der Waals surface area contributed by atoms with Gasteiger partial charge in [-0.05, 0) is 6.07 Å². The van der Waals surface area contributed by atoms with Crippen molar-refractivity contribution in [1.29, 1.82) is 0 Å². The third kappa shape index (κ3) is 2.42. The molecule has 0 radical (unpaired) electrons. The fraction of sp³-hybridized carbons (Fsp3) is 0.250. The van der Waals surface area contributed by atoms with Crippen LogP contribution in [0.4, 0.5) is 8.78 Å². The fourth-order valence-electron chi connectivity index (χ4n) is 1.01. The predicted molar refractivity (Wildman–Crippen MR) is 50.0 cm³/mol. The van der Waals surface area contributed by atoms with E-state index in [2.05, 4.69) is 0 Å². The zero-order valence-electron chi connectivity index (χ0n) is 7.02. The van der Waals surface area contributed by atoms with Crippen molar-refractivity contribution in [3.8, 4) is 0 Å². The van der Waals surface area contributed by atoms with E-state index in [1.165, 1.54) is 18.2 Å². The molecule has 0 bridgehead atoms. The summed E-state index contributed by atoms with van der Waals surface area (Å²) in [6, 6.07) is 4.08. The Morgan fingerprint density at radius 1 is 1.46 bits per heavy atom. The Morgan fingerprint density at radius 2 is 2.08 bits per heavy atom. The topological polar surface area (TPSA) is 20.2 Å². The van der Waals surface area contributed by atoms with E-state index in [-0.39, 0.29) is 18.1 Å². The van der Waals surface area contributed by atoms with Crippen LogP contribution < -0.4 is 5.46 Å². The minimum Gasteiger partial charge on any atom is -0.449 e. The second-order valence-corrected chi connectivity index (χ2v) is 3.27. The number of alkyl halides is 2. The van der Waals surface area contributed by atoms with E-state index in [9.17, 15) is 8.78 Å². The van der Waals surface area contributed by atoms with Crippen molar-refractivity contribution >= 4 is 24.5 Å². The van der Waals surface area contributed by atoms with Gasteiger partial charge in [-0.1, -0.05) is 29.2 Å². The second-order valence-electron chi connectivity index (χ2n) is 2.86. The first-order valence-electron chi connectivity index (χ1n) is 3.72. The van der Waals surface area contributed by atoms with Crippen LogP contribution in [0.5, 0.6) is 0 Å². The molecule has 0 aromatic heterocycles. The Balaban J connectivity index is 3.19. The van der Waals surface area contributed by atoms with Gasteiger partial charge in [-0.25, -0.2) is 8.78 Å². The summed E-state index contributed by atoms with van der Waals surface area (Å²) in [6.45, 7) is 0.773. The predicted octanol–water partition coefficient (Wildman–Crippen LogP) is 1.42. The van der Waals surface area contributed by atoms with E-state index in [1.807, 2.05) is 0 Å². The van der Waals surface area contributed by atoms with Gasteiger partial charge in [0.15, 0.2) is 0 Å². The highest BCUT2D eigenvalue weighted by Crippen LogP contribution is 2.31. The van der Waals surface area contributed by atoms with Crippen LogP contribution >= 0.6 is 11.6 Å². The third-order valence-corrected chi connectivity index (χ3v) is 2.02. The molecule has 1 aromatic rings. The van der Waals surface area contributed by atoms with E-state index in [0.29, 0.717) is 5.46 Å². The molecule has 0 amide bonds. The van der Waals surface area contributed by atoms with Gasteiger partial charge < -0.3 is 5.02 Å². The maximum Gasteiger partial charge on any atom is 0.304 e. The van der Waals surface area contributed by atoms with Gasteiger partial charge in [-0.3, -0.25) is 0 Å². The summed E-state index contributed by atoms with van der Waals surface area (Å²) in [5, 5.41) is 8.75. The van der Waals surface area contributed by atoms with Gasteiger partial charge in [0.2, 0.25) is 0 Å². The van der Waals surface area contributed by atoms with E-state index < -0.39 is 5.92 Å². The Morgan fingerprint density at radius 3 is 2.54 bits per heavy atom. The quantitative estimate of drug-likeness (QED) is 0.723. The van der Waals surface area contributed by atoms with Crippen molar-refractivity contribution in [2.45, 2.75) is 12.8 Å². The van der Waals surface area contributed by atoms with Crippen LogP contribution in [0, 0.1) is 0 Å². The lowest BCUT2D eigenvalue weighted by Crippen LogP contribution is -2.18. The molecule has 0 atom stereocenters. The molecular weight excluding hydrogens is 196 g/mol. The molecule has 1 N–H and O–H groups in total. The summed E-state index contributed by atoms with van der Waals surface area (Å²) in [6.07, 6.45) is 0. The summed E-state index contributed by atoms with van der Waals surface area (Å²) in [7, 11) is -0.264. The lowest BCUT2D eigenvalue weighted by Gasteiger charge is -2.13. The Kier molecular flexibility index (Phi) is 2.93. The summed E-state index contributed by atoms with van der Waals surface area (Å²) in [5.41, 5.74) is 0.182. The lowest BCUT2D eigenvalue weighted by atomic mass is 9.87. The maximum absolute atomic E-state index is 12.9. The van der Waals surface area contributed by atoms with Crippen molar-refractivity contribution < 1.29 is 13.8 Å². The molecule has 0 saturated carbocycles. The minimum absolute atomic E-state index is 0.0182. The molecule has 0 fully saturated rings. The number of rotatable bonds is 2. The number of benzene rings is 1. The van der Waals surface area contributed by atoms with E-state index in [4.69, 9.17) is 16.6 Å². The van der Waals surface area contributed by atoms with Gasteiger partial charge in [0.1, 0.15) is 0 Å². The van der Waals surface area contributed by atoms with Crippen molar-refractivity contribution in [3.05, 3.63) is 28.8 Å². The van der Waals surface area contributed by atoms with Gasteiger partial charge in [-0.15, -0.1) is 0 Å². The van der Waals surface area contributed by atoms with Crippen molar-refractivity contribution in [1.82, 2.24) is 0 Å². The van der Waals surface area contributed by atoms with Crippen LogP contribution in [0.3, 0.4) is 0 Å². The highest BCUT2D eigenvalue weighted by atomic mass is 35.5. The highest BCUT2D eigenvalue weighted by molar-refractivity contribution is 6.45. The van der Waals surface area contributed by atoms with Crippen LogP contribution in [0.2, 0.25) is 5.02 Å². The van der Waals surface area contributed by atoms with Gasteiger partial charge >= 0.3 is 7.48 Å². The molecule has 70 valence electrons. The molecule has 1 nitrogen and oxygen atoms in total. The smallest absolute Gasteiger partial charge is 0.304 e. The standard InChI is InChI=1S/C8H8BClF2O/c1-8(11,12)6-4-5(9-13)2-3-7(6)10/h2-4,9,13H,1H3. The molecule has 0 unspecified atom stereocenters. The summed E-state index contributed by atoms with van der Waals surface area (Å²) in [4.78, 5) is 0. The first kappa shape index (κ1) is 10.5. The fourth-order valence-corrected chi connectivity index (χ4v) is 1.29. The molecular formula is C8H8BClF2O.